The van der Waals surface area contributed by atoms with Gasteiger partial charge in [0, 0.05) is 51.2 Å². The molecule has 4 fully saturated rings. The van der Waals surface area contributed by atoms with Crippen molar-refractivity contribution in [2.75, 3.05) is 46.4 Å². The maximum absolute atomic E-state index is 12.8. The number of aliphatic imine (C=N–C) groups is 1. The summed E-state index contributed by atoms with van der Waals surface area (Å²) >= 11 is 0. The van der Waals surface area contributed by atoms with E-state index in [9.17, 15) is 4.79 Å². The number of amides is 1. The zero-order chi connectivity index (χ0) is 19.3. The third-order valence-corrected chi connectivity index (χ3v) is 6.98. The van der Waals surface area contributed by atoms with Crippen molar-refractivity contribution in [3.05, 3.63) is 0 Å². The average Bonchev–Trinajstić information content (AvgIpc) is 3.40. The van der Waals surface area contributed by atoms with Crippen molar-refractivity contribution < 1.29 is 9.53 Å². The SMILES string of the molecule is CN=C(NCC1CN2CCCC2CO1)NC1CCN(C(=O)C2CCCCC2)C1. The second kappa shape index (κ2) is 9.44. The Morgan fingerprint density at radius 2 is 1.93 bits per heavy atom. The molecule has 1 amide bonds. The first-order valence-electron chi connectivity index (χ1n) is 11.3. The van der Waals surface area contributed by atoms with Gasteiger partial charge in [0.1, 0.15) is 0 Å². The fraction of sp³-hybridized carbons (Fsp3) is 0.905. The monoisotopic (exact) mass is 391 g/mol. The molecular formula is C21H37N5O2. The number of ether oxygens (including phenoxy) is 1. The minimum Gasteiger partial charge on any atom is -0.373 e. The summed E-state index contributed by atoms with van der Waals surface area (Å²) in [6, 6.07) is 0.925. The van der Waals surface area contributed by atoms with Gasteiger partial charge in [0.2, 0.25) is 5.91 Å². The number of hydrogen-bond donors (Lipinski definition) is 2. The van der Waals surface area contributed by atoms with Gasteiger partial charge in [0.15, 0.2) is 5.96 Å². The summed E-state index contributed by atoms with van der Waals surface area (Å²) in [5, 5.41) is 6.95. The molecule has 4 aliphatic rings. The fourth-order valence-electron chi connectivity index (χ4n) is 5.29. The molecule has 158 valence electrons. The van der Waals surface area contributed by atoms with E-state index in [4.69, 9.17) is 4.74 Å². The van der Waals surface area contributed by atoms with Crippen LogP contribution in [0.25, 0.3) is 0 Å². The lowest BCUT2D eigenvalue weighted by Crippen LogP contribution is -2.52. The number of carbonyl (C=O) groups is 1. The standard InChI is InChI=1S/C21H37N5O2/c1-22-21(23-12-19-14-25-10-5-8-18(25)15-28-19)24-17-9-11-26(13-17)20(27)16-6-3-2-4-7-16/h16-19H,2-15H2,1H3,(H2,22,23,24). The second-order valence-electron chi connectivity index (χ2n) is 8.95. The van der Waals surface area contributed by atoms with Crippen LogP contribution in [0.5, 0.6) is 0 Å². The molecule has 3 atom stereocenters. The van der Waals surface area contributed by atoms with Crippen LogP contribution in [-0.2, 0) is 9.53 Å². The van der Waals surface area contributed by atoms with Crippen LogP contribution >= 0.6 is 0 Å². The van der Waals surface area contributed by atoms with Gasteiger partial charge >= 0.3 is 0 Å². The van der Waals surface area contributed by atoms with Crippen LogP contribution < -0.4 is 10.6 Å². The first-order chi connectivity index (χ1) is 13.7. The van der Waals surface area contributed by atoms with Crippen LogP contribution in [0.15, 0.2) is 4.99 Å². The summed E-state index contributed by atoms with van der Waals surface area (Å²) in [5.41, 5.74) is 0. The summed E-state index contributed by atoms with van der Waals surface area (Å²) in [7, 11) is 1.81. The van der Waals surface area contributed by atoms with Crippen molar-refractivity contribution in [2.45, 2.75) is 69.6 Å². The molecular weight excluding hydrogens is 354 g/mol. The van der Waals surface area contributed by atoms with E-state index in [0.717, 1.165) is 58.0 Å². The number of likely N-dealkylation sites (tertiary alicyclic amines) is 1. The van der Waals surface area contributed by atoms with Crippen LogP contribution in [0.1, 0.15) is 51.4 Å². The van der Waals surface area contributed by atoms with Gasteiger partial charge in [0.05, 0.1) is 12.7 Å². The molecule has 0 aromatic heterocycles. The topological polar surface area (TPSA) is 69.2 Å². The summed E-state index contributed by atoms with van der Waals surface area (Å²) in [6.07, 6.45) is 9.67. The number of fused-ring (bicyclic) bond motifs is 1. The minimum atomic E-state index is 0.223. The van der Waals surface area contributed by atoms with Gasteiger partial charge in [-0.15, -0.1) is 0 Å². The van der Waals surface area contributed by atoms with E-state index < -0.39 is 0 Å². The number of nitrogens with zero attached hydrogens (tertiary/aromatic N) is 3. The molecule has 4 rings (SSSR count). The molecule has 7 heteroatoms. The van der Waals surface area contributed by atoms with Gasteiger partial charge in [-0.05, 0) is 38.6 Å². The quantitative estimate of drug-likeness (QED) is 0.557. The summed E-state index contributed by atoms with van der Waals surface area (Å²) in [4.78, 5) is 21.8. The highest BCUT2D eigenvalue weighted by molar-refractivity contribution is 5.81. The van der Waals surface area contributed by atoms with Crippen LogP contribution in [0.3, 0.4) is 0 Å². The third-order valence-electron chi connectivity index (χ3n) is 6.98. The van der Waals surface area contributed by atoms with Crippen LogP contribution in [0.2, 0.25) is 0 Å². The first-order valence-corrected chi connectivity index (χ1v) is 11.3. The van der Waals surface area contributed by atoms with E-state index in [0.29, 0.717) is 11.9 Å². The fourth-order valence-corrected chi connectivity index (χ4v) is 5.29. The molecule has 1 saturated carbocycles. The number of guanidine groups is 1. The van der Waals surface area contributed by atoms with Crippen molar-refractivity contribution >= 4 is 11.9 Å². The average molecular weight is 392 g/mol. The van der Waals surface area contributed by atoms with E-state index in [1.165, 1.54) is 38.6 Å². The van der Waals surface area contributed by atoms with Crippen molar-refractivity contribution in [3.63, 3.8) is 0 Å². The molecule has 0 aromatic carbocycles. The van der Waals surface area contributed by atoms with Gasteiger partial charge in [-0.3, -0.25) is 14.7 Å². The van der Waals surface area contributed by atoms with Gasteiger partial charge < -0.3 is 20.3 Å². The largest absolute Gasteiger partial charge is 0.373 e. The molecule has 0 aromatic rings. The zero-order valence-corrected chi connectivity index (χ0v) is 17.4. The van der Waals surface area contributed by atoms with Gasteiger partial charge in [-0.2, -0.15) is 0 Å². The lowest BCUT2D eigenvalue weighted by Gasteiger charge is -2.35. The predicted molar refractivity (Wildman–Crippen MR) is 110 cm³/mol. The normalized spacial score (nSPS) is 32.4. The number of morpholine rings is 1. The highest BCUT2D eigenvalue weighted by Gasteiger charge is 2.33. The zero-order valence-electron chi connectivity index (χ0n) is 17.4. The maximum Gasteiger partial charge on any atom is 0.225 e. The molecule has 7 nitrogen and oxygen atoms in total. The molecule has 0 spiro atoms. The first kappa shape index (κ1) is 20.0. The Balaban J connectivity index is 1.19. The molecule has 3 unspecified atom stereocenters. The Labute approximate surface area is 169 Å². The van der Waals surface area contributed by atoms with Crippen LogP contribution in [-0.4, -0.2) is 86.2 Å². The third kappa shape index (κ3) is 4.79. The Hall–Kier alpha value is -1.34. The van der Waals surface area contributed by atoms with Crippen LogP contribution in [0.4, 0.5) is 0 Å². The molecule has 28 heavy (non-hydrogen) atoms. The van der Waals surface area contributed by atoms with Gasteiger partial charge in [-0.1, -0.05) is 19.3 Å². The molecule has 1 aliphatic carbocycles. The van der Waals surface area contributed by atoms with E-state index >= 15 is 0 Å². The van der Waals surface area contributed by atoms with E-state index in [1.807, 2.05) is 7.05 Å². The number of rotatable bonds is 4. The Kier molecular flexibility index (Phi) is 6.73. The lowest BCUT2D eigenvalue weighted by atomic mass is 9.88. The summed E-state index contributed by atoms with van der Waals surface area (Å²) < 4.78 is 6.03. The Morgan fingerprint density at radius 1 is 1.07 bits per heavy atom. The van der Waals surface area contributed by atoms with Crippen molar-refractivity contribution in [3.8, 4) is 0 Å². The number of hydrogen-bond acceptors (Lipinski definition) is 4. The number of nitrogens with one attached hydrogen (secondary N) is 2. The minimum absolute atomic E-state index is 0.223. The summed E-state index contributed by atoms with van der Waals surface area (Å²) in [6.45, 7) is 5.53. The van der Waals surface area contributed by atoms with Crippen molar-refractivity contribution in [1.29, 1.82) is 0 Å². The smallest absolute Gasteiger partial charge is 0.225 e. The van der Waals surface area contributed by atoms with E-state index in [1.54, 1.807) is 0 Å². The van der Waals surface area contributed by atoms with Crippen molar-refractivity contribution in [1.82, 2.24) is 20.4 Å². The lowest BCUT2D eigenvalue weighted by molar-refractivity contribution is -0.135. The van der Waals surface area contributed by atoms with E-state index in [-0.39, 0.29) is 18.1 Å². The molecule has 3 saturated heterocycles. The summed E-state index contributed by atoms with van der Waals surface area (Å²) in [5.74, 6) is 1.47. The Bertz CT molecular complexity index is 563. The molecule has 0 radical (unpaired) electrons. The number of carbonyl (C=O) groups excluding carboxylic acids is 1. The molecule has 0 bridgehead atoms. The van der Waals surface area contributed by atoms with Crippen LogP contribution in [0, 0.1) is 5.92 Å². The predicted octanol–water partition coefficient (Wildman–Crippen LogP) is 1.20. The Morgan fingerprint density at radius 3 is 2.75 bits per heavy atom. The van der Waals surface area contributed by atoms with Gasteiger partial charge in [0.25, 0.3) is 0 Å². The molecule has 3 heterocycles. The molecule has 2 N–H and O–H groups in total. The van der Waals surface area contributed by atoms with Gasteiger partial charge in [-0.25, -0.2) is 0 Å². The highest BCUT2D eigenvalue weighted by atomic mass is 16.5. The molecule has 3 aliphatic heterocycles. The van der Waals surface area contributed by atoms with Crippen molar-refractivity contribution in [2.24, 2.45) is 10.9 Å². The second-order valence-corrected chi connectivity index (χ2v) is 8.95. The van der Waals surface area contributed by atoms with E-state index in [2.05, 4.69) is 25.4 Å². The highest BCUT2D eigenvalue weighted by Crippen LogP contribution is 2.27. The maximum atomic E-state index is 12.8.